The van der Waals surface area contributed by atoms with E-state index >= 15 is 0 Å². The summed E-state index contributed by atoms with van der Waals surface area (Å²) in [6.07, 6.45) is 0.0534. The van der Waals surface area contributed by atoms with Crippen molar-refractivity contribution in [2.24, 2.45) is 0 Å². The molecule has 0 aliphatic carbocycles. The Bertz CT molecular complexity index is 876. The maximum atomic E-state index is 12.6. The van der Waals surface area contributed by atoms with Gasteiger partial charge in [0.05, 0.1) is 11.1 Å². The molecule has 1 aliphatic heterocycles. The van der Waals surface area contributed by atoms with E-state index in [0.717, 1.165) is 5.56 Å². The lowest BCUT2D eigenvalue weighted by Gasteiger charge is -2.20. The fraction of sp³-hybridized carbons (Fsp3) is 0.250. The Morgan fingerprint density at radius 3 is 2.30 bits per heavy atom. The van der Waals surface area contributed by atoms with Crippen LogP contribution in [0.5, 0.6) is 5.75 Å². The SMILES string of the molecule is CCCC(Oc1ccc(Cl)cc1C)C(=O)ON1C(=O)c2ccccc2C1=O. The Morgan fingerprint density at radius 2 is 1.74 bits per heavy atom. The van der Waals surface area contributed by atoms with Gasteiger partial charge in [0.1, 0.15) is 5.75 Å². The van der Waals surface area contributed by atoms with Gasteiger partial charge in [0, 0.05) is 5.02 Å². The second-order valence-electron chi connectivity index (χ2n) is 6.17. The van der Waals surface area contributed by atoms with Crippen molar-refractivity contribution in [3.05, 3.63) is 64.2 Å². The van der Waals surface area contributed by atoms with Gasteiger partial charge in [-0.3, -0.25) is 9.59 Å². The van der Waals surface area contributed by atoms with E-state index in [1.807, 2.05) is 6.92 Å². The number of nitrogens with zero attached hydrogens (tertiary/aromatic N) is 1. The number of hydroxylamine groups is 2. The van der Waals surface area contributed by atoms with Crippen LogP contribution in [0.15, 0.2) is 42.5 Å². The minimum Gasteiger partial charge on any atom is -0.478 e. The summed E-state index contributed by atoms with van der Waals surface area (Å²) in [7, 11) is 0. The first-order valence-electron chi connectivity index (χ1n) is 8.54. The summed E-state index contributed by atoms with van der Waals surface area (Å²) in [6, 6.07) is 11.3. The topological polar surface area (TPSA) is 72.9 Å². The highest BCUT2D eigenvalue weighted by Gasteiger charge is 2.40. The standard InChI is InChI=1S/C20H18ClNO5/c1-3-6-17(26-16-10-9-13(21)11-12(16)2)20(25)27-22-18(23)14-7-4-5-8-15(14)19(22)24/h4-5,7-11,17H,3,6H2,1-2H3. The zero-order chi connectivity index (χ0) is 19.6. The lowest BCUT2D eigenvalue weighted by molar-refractivity contribution is -0.177. The first kappa shape index (κ1) is 18.9. The quantitative estimate of drug-likeness (QED) is 0.702. The van der Waals surface area contributed by atoms with E-state index in [0.29, 0.717) is 28.7 Å². The fourth-order valence-corrected chi connectivity index (χ4v) is 3.01. The molecule has 1 aliphatic rings. The molecule has 6 nitrogen and oxygen atoms in total. The van der Waals surface area contributed by atoms with Crippen molar-refractivity contribution in [3.8, 4) is 5.75 Å². The zero-order valence-electron chi connectivity index (χ0n) is 14.9. The maximum absolute atomic E-state index is 12.6. The predicted molar refractivity (Wildman–Crippen MR) is 98.5 cm³/mol. The molecule has 2 aromatic rings. The van der Waals surface area contributed by atoms with E-state index in [-0.39, 0.29) is 11.1 Å². The Labute approximate surface area is 161 Å². The van der Waals surface area contributed by atoms with Gasteiger partial charge in [-0.05, 0) is 49.2 Å². The summed E-state index contributed by atoms with van der Waals surface area (Å²) in [5.74, 6) is -1.65. The van der Waals surface area contributed by atoms with Gasteiger partial charge < -0.3 is 9.57 Å². The molecule has 0 aromatic heterocycles. The van der Waals surface area contributed by atoms with Crippen molar-refractivity contribution in [1.29, 1.82) is 0 Å². The third-order valence-corrected chi connectivity index (χ3v) is 4.39. The van der Waals surface area contributed by atoms with Crippen LogP contribution in [0.3, 0.4) is 0 Å². The molecule has 0 saturated carbocycles. The number of hydrogen-bond donors (Lipinski definition) is 0. The van der Waals surface area contributed by atoms with E-state index in [1.165, 1.54) is 12.1 Å². The van der Waals surface area contributed by atoms with Crippen molar-refractivity contribution in [2.75, 3.05) is 0 Å². The lowest BCUT2D eigenvalue weighted by atomic mass is 10.1. The molecular formula is C20H18ClNO5. The van der Waals surface area contributed by atoms with Gasteiger partial charge >= 0.3 is 5.97 Å². The smallest absolute Gasteiger partial charge is 0.373 e. The lowest BCUT2D eigenvalue weighted by Crippen LogP contribution is -2.39. The van der Waals surface area contributed by atoms with Crippen molar-refractivity contribution < 1.29 is 24.0 Å². The van der Waals surface area contributed by atoms with Gasteiger partial charge in [-0.2, -0.15) is 0 Å². The number of rotatable bonds is 6. The first-order valence-corrected chi connectivity index (χ1v) is 8.92. The number of imide groups is 1. The van der Waals surface area contributed by atoms with Crippen LogP contribution in [0, 0.1) is 6.92 Å². The number of amides is 2. The van der Waals surface area contributed by atoms with Crippen LogP contribution in [0.25, 0.3) is 0 Å². The number of benzene rings is 2. The van der Waals surface area contributed by atoms with Gasteiger partial charge in [-0.25, -0.2) is 4.79 Å². The molecule has 0 radical (unpaired) electrons. The van der Waals surface area contributed by atoms with Gasteiger partial charge in [0.2, 0.25) is 0 Å². The Kier molecular flexibility index (Phi) is 5.46. The number of carbonyl (C=O) groups is 3. The summed E-state index contributed by atoms with van der Waals surface area (Å²) < 4.78 is 5.78. The van der Waals surface area contributed by atoms with Crippen LogP contribution in [-0.4, -0.2) is 29.0 Å². The third kappa shape index (κ3) is 3.80. The Morgan fingerprint density at radius 1 is 1.11 bits per heavy atom. The van der Waals surface area contributed by atoms with Crippen LogP contribution in [0.2, 0.25) is 5.02 Å². The summed E-state index contributed by atoms with van der Waals surface area (Å²) in [4.78, 5) is 42.4. The second-order valence-corrected chi connectivity index (χ2v) is 6.60. The molecule has 0 fully saturated rings. The van der Waals surface area contributed by atoms with Crippen LogP contribution in [0.1, 0.15) is 46.0 Å². The molecule has 0 saturated heterocycles. The molecule has 2 aromatic carbocycles. The minimum atomic E-state index is -0.959. The molecule has 0 N–H and O–H groups in total. The number of halogens is 1. The number of hydrogen-bond acceptors (Lipinski definition) is 5. The summed E-state index contributed by atoms with van der Waals surface area (Å²) in [5.41, 5.74) is 1.17. The molecule has 1 heterocycles. The average molecular weight is 388 g/mol. The summed E-state index contributed by atoms with van der Waals surface area (Å²) in [5, 5.41) is 1.05. The van der Waals surface area contributed by atoms with Crippen LogP contribution in [-0.2, 0) is 9.63 Å². The van der Waals surface area contributed by atoms with Crippen molar-refractivity contribution in [1.82, 2.24) is 5.06 Å². The maximum Gasteiger partial charge on any atom is 0.373 e. The molecule has 0 spiro atoms. The molecule has 2 amide bonds. The van der Waals surface area contributed by atoms with E-state index in [2.05, 4.69) is 0 Å². The highest BCUT2D eigenvalue weighted by Crippen LogP contribution is 2.26. The number of carbonyl (C=O) groups excluding carboxylic acids is 3. The molecule has 0 bridgehead atoms. The van der Waals surface area contributed by atoms with Gasteiger partial charge in [0.25, 0.3) is 11.8 Å². The molecule has 1 unspecified atom stereocenters. The monoisotopic (exact) mass is 387 g/mol. The zero-order valence-corrected chi connectivity index (χ0v) is 15.7. The van der Waals surface area contributed by atoms with Gasteiger partial charge in [-0.1, -0.05) is 42.1 Å². The Balaban J connectivity index is 1.76. The van der Waals surface area contributed by atoms with Crippen molar-refractivity contribution >= 4 is 29.4 Å². The van der Waals surface area contributed by atoms with Gasteiger partial charge in [-0.15, -0.1) is 0 Å². The van der Waals surface area contributed by atoms with Crippen molar-refractivity contribution in [3.63, 3.8) is 0 Å². The molecule has 3 rings (SSSR count). The number of fused-ring (bicyclic) bond motifs is 1. The minimum absolute atomic E-state index is 0.205. The molecule has 27 heavy (non-hydrogen) atoms. The Hall–Kier alpha value is -2.86. The highest BCUT2D eigenvalue weighted by molar-refractivity contribution is 6.30. The van der Waals surface area contributed by atoms with Crippen molar-refractivity contribution in [2.45, 2.75) is 32.8 Å². The normalized spacial score (nSPS) is 14.1. The average Bonchev–Trinajstić information content (AvgIpc) is 2.88. The second kappa shape index (κ2) is 7.80. The van der Waals surface area contributed by atoms with E-state index in [1.54, 1.807) is 37.3 Å². The van der Waals surface area contributed by atoms with Crippen LogP contribution >= 0.6 is 11.6 Å². The first-order chi connectivity index (χ1) is 12.9. The number of ether oxygens (including phenoxy) is 1. The van der Waals surface area contributed by atoms with E-state index in [4.69, 9.17) is 21.2 Å². The fourth-order valence-electron chi connectivity index (χ4n) is 2.78. The molecular weight excluding hydrogens is 370 g/mol. The van der Waals surface area contributed by atoms with Crippen LogP contribution < -0.4 is 4.74 Å². The third-order valence-electron chi connectivity index (χ3n) is 4.16. The van der Waals surface area contributed by atoms with Gasteiger partial charge in [0.15, 0.2) is 6.10 Å². The van der Waals surface area contributed by atoms with E-state index < -0.39 is 23.9 Å². The molecule has 1 atom stereocenters. The molecule has 7 heteroatoms. The highest BCUT2D eigenvalue weighted by atomic mass is 35.5. The van der Waals surface area contributed by atoms with Crippen LogP contribution in [0.4, 0.5) is 0 Å². The van der Waals surface area contributed by atoms with E-state index in [9.17, 15) is 14.4 Å². The summed E-state index contributed by atoms with van der Waals surface area (Å²) >= 11 is 5.94. The number of aryl methyl sites for hydroxylation is 1. The molecule has 140 valence electrons. The largest absolute Gasteiger partial charge is 0.478 e. The predicted octanol–water partition coefficient (Wildman–Crippen LogP) is 3.95. The summed E-state index contributed by atoms with van der Waals surface area (Å²) in [6.45, 7) is 3.69.